The van der Waals surface area contributed by atoms with Crippen molar-refractivity contribution in [3.8, 4) is 17.0 Å². The first kappa shape index (κ1) is 13.8. The number of amides is 1. The number of carbonyl (C=O) groups excluding carboxylic acids is 1. The van der Waals surface area contributed by atoms with Crippen LogP contribution in [0.15, 0.2) is 42.9 Å². The van der Waals surface area contributed by atoms with Crippen molar-refractivity contribution in [2.75, 3.05) is 7.11 Å². The molecule has 1 aliphatic rings. The lowest BCUT2D eigenvalue weighted by Gasteiger charge is -2.04. The van der Waals surface area contributed by atoms with Crippen LogP contribution in [0.3, 0.4) is 0 Å². The molecule has 0 radical (unpaired) electrons. The molecule has 4 rings (SSSR count). The summed E-state index contributed by atoms with van der Waals surface area (Å²) in [7, 11) is 1.63. The Morgan fingerprint density at radius 2 is 2.09 bits per heavy atom. The largest absolute Gasteiger partial charge is 0.497 e. The highest BCUT2D eigenvalue weighted by atomic mass is 16.5. The number of ether oxygens (including phenoxy) is 1. The number of fused-ring (bicyclic) bond motifs is 1. The zero-order valence-corrected chi connectivity index (χ0v) is 12.7. The van der Waals surface area contributed by atoms with Gasteiger partial charge in [0.25, 0.3) is 5.91 Å². The van der Waals surface area contributed by atoms with Crippen LogP contribution in [0, 0.1) is 0 Å². The summed E-state index contributed by atoms with van der Waals surface area (Å²) in [5.41, 5.74) is 2.75. The van der Waals surface area contributed by atoms with Gasteiger partial charge in [-0.1, -0.05) is 0 Å². The fourth-order valence-corrected chi connectivity index (χ4v) is 2.47. The van der Waals surface area contributed by atoms with Crippen molar-refractivity contribution < 1.29 is 9.53 Å². The van der Waals surface area contributed by atoms with Crippen molar-refractivity contribution in [1.29, 1.82) is 0 Å². The van der Waals surface area contributed by atoms with Crippen LogP contribution in [0.2, 0.25) is 0 Å². The quantitative estimate of drug-likeness (QED) is 0.803. The number of imidazole rings is 1. The van der Waals surface area contributed by atoms with E-state index in [4.69, 9.17) is 4.74 Å². The average molecular weight is 308 g/mol. The van der Waals surface area contributed by atoms with Gasteiger partial charge in [-0.25, -0.2) is 4.98 Å². The van der Waals surface area contributed by atoms with Gasteiger partial charge in [0.1, 0.15) is 17.1 Å². The minimum atomic E-state index is -0.128. The van der Waals surface area contributed by atoms with Gasteiger partial charge in [-0.05, 0) is 37.1 Å². The highest BCUT2D eigenvalue weighted by Gasteiger charge is 2.25. The smallest absolute Gasteiger partial charge is 0.271 e. The highest BCUT2D eigenvalue weighted by molar-refractivity contribution is 5.94. The first-order chi connectivity index (χ1) is 11.2. The molecule has 0 bridgehead atoms. The van der Waals surface area contributed by atoms with Gasteiger partial charge in [0.15, 0.2) is 5.65 Å². The summed E-state index contributed by atoms with van der Waals surface area (Å²) in [6, 6.07) is 7.93. The zero-order chi connectivity index (χ0) is 15.8. The Balaban J connectivity index is 1.73. The Morgan fingerprint density at radius 1 is 1.30 bits per heavy atom. The summed E-state index contributed by atoms with van der Waals surface area (Å²) >= 11 is 0. The topological polar surface area (TPSA) is 68.5 Å². The number of hydrogen-bond donors (Lipinski definition) is 1. The molecule has 1 saturated carbocycles. The number of aromatic nitrogens is 3. The van der Waals surface area contributed by atoms with E-state index in [-0.39, 0.29) is 5.91 Å². The van der Waals surface area contributed by atoms with Gasteiger partial charge < -0.3 is 14.5 Å². The molecule has 1 amide bonds. The summed E-state index contributed by atoms with van der Waals surface area (Å²) in [6.07, 6.45) is 7.34. The van der Waals surface area contributed by atoms with Gasteiger partial charge >= 0.3 is 0 Å². The Bertz CT molecular complexity index is 866. The van der Waals surface area contributed by atoms with E-state index < -0.39 is 0 Å². The lowest BCUT2D eigenvalue weighted by Crippen LogP contribution is -2.25. The lowest BCUT2D eigenvalue weighted by atomic mass is 10.1. The minimum Gasteiger partial charge on any atom is -0.497 e. The predicted octanol–water partition coefficient (Wildman–Crippen LogP) is 2.30. The number of methoxy groups -OCH3 is 1. The molecule has 0 atom stereocenters. The lowest BCUT2D eigenvalue weighted by molar-refractivity contribution is 0.0946. The highest BCUT2D eigenvalue weighted by Crippen LogP contribution is 2.24. The van der Waals surface area contributed by atoms with E-state index in [2.05, 4.69) is 15.3 Å². The normalized spacial score (nSPS) is 14.0. The standard InChI is InChI=1S/C17H16N4O2/c1-23-13-6-2-11(3-7-13)15-16-20-14(10-21(16)9-8-18-15)17(22)19-12-4-5-12/h2-3,6-10,12H,4-5H2,1H3,(H,19,22). The van der Waals surface area contributed by atoms with Crippen LogP contribution < -0.4 is 10.1 Å². The van der Waals surface area contributed by atoms with E-state index in [1.807, 2.05) is 28.7 Å². The molecule has 2 aromatic heterocycles. The van der Waals surface area contributed by atoms with E-state index in [1.165, 1.54) is 0 Å². The number of rotatable bonds is 4. The van der Waals surface area contributed by atoms with Gasteiger partial charge in [0.05, 0.1) is 7.11 Å². The van der Waals surface area contributed by atoms with Gasteiger partial charge in [-0.3, -0.25) is 9.78 Å². The monoisotopic (exact) mass is 308 g/mol. The third-order valence-corrected chi connectivity index (χ3v) is 3.88. The molecule has 6 heteroatoms. The predicted molar refractivity (Wildman–Crippen MR) is 85.5 cm³/mol. The van der Waals surface area contributed by atoms with Crippen LogP contribution in [0.4, 0.5) is 0 Å². The number of carbonyl (C=O) groups is 1. The van der Waals surface area contributed by atoms with E-state index in [9.17, 15) is 4.79 Å². The second kappa shape index (κ2) is 5.39. The van der Waals surface area contributed by atoms with Crippen LogP contribution in [0.5, 0.6) is 5.75 Å². The summed E-state index contributed by atoms with van der Waals surface area (Å²) in [5.74, 6) is 0.658. The van der Waals surface area contributed by atoms with Crippen LogP contribution >= 0.6 is 0 Å². The van der Waals surface area contributed by atoms with Gasteiger partial charge in [-0.15, -0.1) is 0 Å². The molecule has 1 aromatic carbocycles. The Kier molecular flexibility index (Phi) is 3.22. The fraction of sp³-hybridized carbons (Fsp3) is 0.235. The third kappa shape index (κ3) is 2.63. The molecular formula is C17H16N4O2. The number of benzene rings is 1. The second-order valence-corrected chi connectivity index (χ2v) is 5.61. The first-order valence-corrected chi connectivity index (χ1v) is 7.53. The Hall–Kier alpha value is -2.89. The van der Waals surface area contributed by atoms with E-state index in [0.717, 1.165) is 29.8 Å². The van der Waals surface area contributed by atoms with Crippen molar-refractivity contribution in [2.45, 2.75) is 18.9 Å². The SMILES string of the molecule is COc1ccc(-c2nccn3cc(C(=O)NC4CC4)nc23)cc1. The molecule has 0 spiro atoms. The molecule has 0 unspecified atom stereocenters. The molecule has 6 nitrogen and oxygen atoms in total. The number of nitrogens with zero attached hydrogens (tertiary/aromatic N) is 3. The van der Waals surface area contributed by atoms with E-state index in [0.29, 0.717) is 17.4 Å². The molecule has 1 N–H and O–H groups in total. The maximum atomic E-state index is 12.2. The Morgan fingerprint density at radius 3 is 2.78 bits per heavy atom. The maximum absolute atomic E-state index is 12.2. The maximum Gasteiger partial charge on any atom is 0.271 e. The molecular weight excluding hydrogens is 292 g/mol. The first-order valence-electron chi connectivity index (χ1n) is 7.53. The number of nitrogens with one attached hydrogen (secondary N) is 1. The van der Waals surface area contributed by atoms with Crippen LogP contribution in [0.25, 0.3) is 16.9 Å². The number of hydrogen-bond acceptors (Lipinski definition) is 4. The van der Waals surface area contributed by atoms with Crippen LogP contribution in [-0.2, 0) is 0 Å². The van der Waals surface area contributed by atoms with Crippen molar-refractivity contribution in [3.05, 3.63) is 48.5 Å². The average Bonchev–Trinajstić information content (AvgIpc) is 3.28. The van der Waals surface area contributed by atoms with E-state index >= 15 is 0 Å². The van der Waals surface area contributed by atoms with E-state index in [1.54, 1.807) is 25.7 Å². The summed E-state index contributed by atoms with van der Waals surface area (Å²) in [5, 5.41) is 2.95. The molecule has 1 aliphatic carbocycles. The molecule has 3 aromatic rings. The summed E-state index contributed by atoms with van der Waals surface area (Å²) in [6.45, 7) is 0. The molecule has 1 fully saturated rings. The van der Waals surface area contributed by atoms with Gasteiger partial charge in [0, 0.05) is 30.2 Å². The molecule has 2 heterocycles. The molecule has 0 saturated heterocycles. The zero-order valence-electron chi connectivity index (χ0n) is 12.7. The van der Waals surface area contributed by atoms with Crippen molar-refractivity contribution in [1.82, 2.24) is 19.7 Å². The van der Waals surface area contributed by atoms with Crippen LogP contribution in [0.1, 0.15) is 23.3 Å². The molecule has 23 heavy (non-hydrogen) atoms. The minimum absolute atomic E-state index is 0.128. The third-order valence-electron chi connectivity index (χ3n) is 3.88. The second-order valence-electron chi connectivity index (χ2n) is 5.61. The molecule has 0 aliphatic heterocycles. The fourth-order valence-electron chi connectivity index (χ4n) is 2.47. The van der Waals surface area contributed by atoms with Gasteiger partial charge in [0.2, 0.25) is 0 Å². The van der Waals surface area contributed by atoms with Gasteiger partial charge in [-0.2, -0.15) is 0 Å². The molecule has 116 valence electrons. The van der Waals surface area contributed by atoms with Crippen molar-refractivity contribution in [2.24, 2.45) is 0 Å². The van der Waals surface area contributed by atoms with Crippen molar-refractivity contribution in [3.63, 3.8) is 0 Å². The van der Waals surface area contributed by atoms with Crippen molar-refractivity contribution >= 4 is 11.6 Å². The van der Waals surface area contributed by atoms with Crippen LogP contribution in [-0.4, -0.2) is 33.4 Å². The Labute approximate surface area is 133 Å². The summed E-state index contributed by atoms with van der Waals surface area (Å²) in [4.78, 5) is 21.1. The summed E-state index contributed by atoms with van der Waals surface area (Å²) < 4.78 is 7.00.